The second kappa shape index (κ2) is 6.72. The van der Waals surface area contributed by atoms with Crippen molar-refractivity contribution in [3.63, 3.8) is 0 Å². The molecule has 0 saturated carbocycles. The SMILES string of the molecule is Cc1ccccc1C(C)NC(=O)CN(C)C(C)(C)C(=O)O. The number of likely N-dealkylation sites (N-methyl/N-ethyl adjacent to an activating group) is 1. The van der Waals surface area contributed by atoms with Crippen molar-refractivity contribution in [1.82, 2.24) is 10.2 Å². The van der Waals surface area contributed by atoms with E-state index in [1.807, 2.05) is 38.1 Å². The van der Waals surface area contributed by atoms with Gasteiger partial charge in [-0.05, 0) is 45.9 Å². The van der Waals surface area contributed by atoms with Crippen LogP contribution in [0.1, 0.15) is 37.9 Å². The van der Waals surface area contributed by atoms with Crippen molar-refractivity contribution in [2.75, 3.05) is 13.6 Å². The molecule has 1 atom stereocenters. The molecule has 0 bridgehead atoms. The molecule has 0 heterocycles. The molecule has 1 aromatic rings. The number of carboxylic acids is 1. The maximum absolute atomic E-state index is 12.1. The molecule has 1 aromatic carbocycles. The van der Waals surface area contributed by atoms with Crippen LogP contribution in [0.3, 0.4) is 0 Å². The maximum Gasteiger partial charge on any atom is 0.323 e. The van der Waals surface area contributed by atoms with Gasteiger partial charge in [-0.1, -0.05) is 24.3 Å². The lowest BCUT2D eigenvalue weighted by Gasteiger charge is -2.31. The van der Waals surface area contributed by atoms with E-state index in [9.17, 15) is 9.59 Å². The summed E-state index contributed by atoms with van der Waals surface area (Å²) in [5.74, 6) is -1.15. The van der Waals surface area contributed by atoms with Gasteiger partial charge < -0.3 is 10.4 Å². The van der Waals surface area contributed by atoms with E-state index in [0.29, 0.717) is 0 Å². The van der Waals surface area contributed by atoms with Crippen LogP contribution in [0.25, 0.3) is 0 Å². The van der Waals surface area contributed by atoms with E-state index in [0.717, 1.165) is 11.1 Å². The highest BCUT2D eigenvalue weighted by molar-refractivity contribution is 5.81. The van der Waals surface area contributed by atoms with Gasteiger partial charge in [-0.2, -0.15) is 0 Å². The van der Waals surface area contributed by atoms with Crippen LogP contribution in [-0.2, 0) is 9.59 Å². The van der Waals surface area contributed by atoms with Crippen molar-refractivity contribution in [2.45, 2.75) is 39.3 Å². The first-order chi connectivity index (χ1) is 9.66. The number of nitrogens with zero attached hydrogens (tertiary/aromatic N) is 1. The van der Waals surface area contributed by atoms with Gasteiger partial charge in [-0.25, -0.2) is 0 Å². The molecule has 0 fully saturated rings. The predicted molar refractivity (Wildman–Crippen MR) is 82.1 cm³/mol. The summed E-state index contributed by atoms with van der Waals surface area (Å²) < 4.78 is 0. The van der Waals surface area contributed by atoms with Gasteiger partial charge >= 0.3 is 5.97 Å². The Morgan fingerprint density at radius 3 is 2.43 bits per heavy atom. The summed E-state index contributed by atoms with van der Waals surface area (Å²) in [7, 11) is 1.63. The Kier molecular flexibility index (Phi) is 5.49. The van der Waals surface area contributed by atoms with Crippen molar-refractivity contribution in [3.8, 4) is 0 Å². The Balaban J connectivity index is 2.66. The molecule has 0 aromatic heterocycles. The molecular formula is C16H24N2O3. The number of hydrogen-bond acceptors (Lipinski definition) is 3. The van der Waals surface area contributed by atoms with Gasteiger partial charge in [0.2, 0.25) is 5.91 Å². The van der Waals surface area contributed by atoms with E-state index in [1.54, 1.807) is 20.9 Å². The molecule has 0 radical (unpaired) electrons. The number of aryl methyl sites for hydroxylation is 1. The number of carboxylic acid groups (broad SMARTS) is 1. The first-order valence-corrected chi connectivity index (χ1v) is 6.95. The number of carbonyl (C=O) groups is 2. The fraction of sp³-hybridized carbons (Fsp3) is 0.500. The molecule has 116 valence electrons. The molecule has 0 saturated heterocycles. The van der Waals surface area contributed by atoms with Crippen molar-refractivity contribution < 1.29 is 14.7 Å². The number of amides is 1. The lowest BCUT2D eigenvalue weighted by molar-refractivity contribution is -0.149. The minimum atomic E-state index is -1.08. The van der Waals surface area contributed by atoms with Gasteiger partial charge in [-0.15, -0.1) is 0 Å². The molecule has 2 N–H and O–H groups in total. The molecule has 5 nitrogen and oxygen atoms in total. The summed E-state index contributed by atoms with van der Waals surface area (Å²) in [4.78, 5) is 24.8. The minimum Gasteiger partial charge on any atom is -0.480 e. The minimum absolute atomic E-state index is 0.0372. The highest BCUT2D eigenvalue weighted by Gasteiger charge is 2.33. The molecule has 5 heteroatoms. The molecule has 21 heavy (non-hydrogen) atoms. The smallest absolute Gasteiger partial charge is 0.323 e. The van der Waals surface area contributed by atoms with Gasteiger partial charge in [0.05, 0.1) is 12.6 Å². The molecular weight excluding hydrogens is 268 g/mol. The third-order valence-corrected chi connectivity index (χ3v) is 3.89. The van der Waals surface area contributed by atoms with Crippen LogP contribution in [0.15, 0.2) is 24.3 Å². The fourth-order valence-corrected chi connectivity index (χ4v) is 2.01. The van der Waals surface area contributed by atoms with Gasteiger partial charge in [0.15, 0.2) is 0 Å². The van der Waals surface area contributed by atoms with Crippen molar-refractivity contribution >= 4 is 11.9 Å². The lowest BCUT2D eigenvalue weighted by Crippen LogP contribution is -2.51. The number of aliphatic carboxylic acids is 1. The second-order valence-corrected chi connectivity index (χ2v) is 5.87. The average molecular weight is 292 g/mol. The van der Waals surface area contributed by atoms with Crippen LogP contribution in [0.5, 0.6) is 0 Å². The Morgan fingerprint density at radius 1 is 1.33 bits per heavy atom. The molecule has 0 aliphatic carbocycles. The van der Waals surface area contributed by atoms with E-state index in [1.165, 1.54) is 4.90 Å². The van der Waals surface area contributed by atoms with Gasteiger partial charge in [0, 0.05) is 0 Å². The summed E-state index contributed by atoms with van der Waals surface area (Å²) in [6, 6.07) is 7.75. The van der Waals surface area contributed by atoms with E-state index in [2.05, 4.69) is 5.32 Å². The largest absolute Gasteiger partial charge is 0.480 e. The summed E-state index contributed by atoms with van der Waals surface area (Å²) in [6.45, 7) is 7.11. The highest BCUT2D eigenvalue weighted by atomic mass is 16.4. The summed E-state index contributed by atoms with van der Waals surface area (Å²) in [6.07, 6.45) is 0. The number of nitrogens with one attached hydrogen (secondary N) is 1. The summed E-state index contributed by atoms with van der Waals surface area (Å²) >= 11 is 0. The topological polar surface area (TPSA) is 69.6 Å². The summed E-state index contributed by atoms with van der Waals surface area (Å²) in [5, 5.41) is 12.1. The van der Waals surface area contributed by atoms with E-state index < -0.39 is 11.5 Å². The summed E-state index contributed by atoms with van der Waals surface area (Å²) in [5.41, 5.74) is 1.10. The number of hydrogen-bond donors (Lipinski definition) is 2. The van der Waals surface area contributed by atoms with E-state index >= 15 is 0 Å². The standard InChI is InChI=1S/C16H24N2O3/c1-11-8-6-7-9-13(11)12(2)17-14(19)10-18(5)16(3,4)15(20)21/h6-9,12H,10H2,1-5H3,(H,17,19)(H,20,21). The predicted octanol–water partition coefficient (Wildman–Crippen LogP) is 1.97. The molecule has 1 unspecified atom stereocenters. The van der Waals surface area contributed by atoms with Gasteiger partial charge in [0.25, 0.3) is 0 Å². The van der Waals surface area contributed by atoms with Gasteiger partial charge in [-0.3, -0.25) is 14.5 Å². The normalized spacial score (nSPS) is 13.0. The third-order valence-electron chi connectivity index (χ3n) is 3.89. The fourth-order valence-electron chi connectivity index (χ4n) is 2.01. The van der Waals surface area contributed by atoms with E-state index in [4.69, 9.17) is 5.11 Å². The highest BCUT2D eigenvalue weighted by Crippen LogP contribution is 2.17. The van der Waals surface area contributed by atoms with Crippen molar-refractivity contribution in [3.05, 3.63) is 35.4 Å². The Hall–Kier alpha value is -1.88. The molecule has 0 aliphatic rings. The van der Waals surface area contributed by atoms with Crippen LogP contribution < -0.4 is 5.32 Å². The average Bonchev–Trinajstić information content (AvgIpc) is 2.38. The number of carbonyl (C=O) groups excluding carboxylic acids is 1. The zero-order valence-corrected chi connectivity index (χ0v) is 13.3. The van der Waals surface area contributed by atoms with Crippen LogP contribution >= 0.6 is 0 Å². The van der Waals surface area contributed by atoms with Gasteiger partial charge in [0.1, 0.15) is 5.54 Å². The Morgan fingerprint density at radius 2 is 1.90 bits per heavy atom. The molecule has 0 spiro atoms. The van der Waals surface area contributed by atoms with Crippen LogP contribution in [-0.4, -0.2) is 41.0 Å². The monoisotopic (exact) mass is 292 g/mol. The van der Waals surface area contributed by atoms with Crippen molar-refractivity contribution in [1.29, 1.82) is 0 Å². The number of rotatable bonds is 6. The van der Waals surface area contributed by atoms with Crippen LogP contribution in [0, 0.1) is 6.92 Å². The maximum atomic E-state index is 12.1. The number of benzene rings is 1. The molecule has 0 aliphatic heterocycles. The first-order valence-electron chi connectivity index (χ1n) is 6.95. The quantitative estimate of drug-likeness (QED) is 0.841. The first kappa shape index (κ1) is 17.2. The van der Waals surface area contributed by atoms with E-state index in [-0.39, 0.29) is 18.5 Å². The lowest BCUT2D eigenvalue weighted by atomic mass is 10.0. The zero-order valence-electron chi connectivity index (χ0n) is 13.3. The van der Waals surface area contributed by atoms with Crippen LogP contribution in [0.4, 0.5) is 0 Å². The Bertz CT molecular complexity index is 526. The zero-order chi connectivity index (χ0) is 16.2. The molecule has 1 amide bonds. The molecule has 1 rings (SSSR count). The van der Waals surface area contributed by atoms with Crippen LogP contribution in [0.2, 0.25) is 0 Å². The Labute approximate surface area is 126 Å². The van der Waals surface area contributed by atoms with Crippen molar-refractivity contribution in [2.24, 2.45) is 0 Å². The second-order valence-electron chi connectivity index (χ2n) is 5.87. The third kappa shape index (κ3) is 4.29.